The number of hydrogen-bond acceptors (Lipinski definition) is 1. The van der Waals surface area contributed by atoms with Crippen LogP contribution in [0.2, 0.25) is 0 Å². The molecular weight excluding hydrogens is 158 g/mol. The lowest BCUT2D eigenvalue weighted by Gasteiger charge is -2.19. The van der Waals surface area contributed by atoms with Gasteiger partial charge in [0, 0.05) is 17.3 Å². The molecule has 0 fully saturated rings. The van der Waals surface area contributed by atoms with Gasteiger partial charge in [0.2, 0.25) is 0 Å². The van der Waals surface area contributed by atoms with E-state index in [0.29, 0.717) is 5.92 Å². The monoisotopic (exact) mass is 177 g/mol. The van der Waals surface area contributed by atoms with Crippen LogP contribution < -0.4 is 0 Å². The third kappa shape index (κ3) is 2.83. The van der Waals surface area contributed by atoms with Crippen LogP contribution in [0, 0.1) is 11.3 Å². The Morgan fingerprint density at radius 2 is 1.85 bits per heavy atom. The average Bonchev–Trinajstić information content (AvgIpc) is 2.09. The van der Waals surface area contributed by atoms with E-state index in [1.54, 1.807) is 0 Å². The first kappa shape index (κ1) is 10.2. The molecule has 0 saturated heterocycles. The van der Waals surface area contributed by atoms with Gasteiger partial charge in [0.15, 0.2) is 0 Å². The summed E-state index contributed by atoms with van der Waals surface area (Å²) in [6.45, 7) is 10.9. The van der Waals surface area contributed by atoms with Crippen molar-refractivity contribution in [1.82, 2.24) is 0 Å². The van der Waals surface area contributed by atoms with Gasteiger partial charge in [0.05, 0.1) is 0 Å². The van der Waals surface area contributed by atoms with Crippen LogP contribution in [0.3, 0.4) is 0 Å². The van der Waals surface area contributed by atoms with E-state index >= 15 is 0 Å². The van der Waals surface area contributed by atoms with Gasteiger partial charge in [-0.05, 0) is 18.4 Å². The van der Waals surface area contributed by atoms with Gasteiger partial charge >= 0.3 is 0 Å². The van der Waals surface area contributed by atoms with Crippen molar-refractivity contribution in [3.05, 3.63) is 23.4 Å². The molecule has 0 aromatic rings. The lowest BCUT2D eigenvalue weighted by atomic mass is 9.90. The molecule has 0 saturated carbocycles. The SMILES string of the molecule is CC1=CC(C)C=C(C(C)(C)C)N=C1. The fraction of sp³-hybridized carbons (Fsp3) is 0.583. The Hall–Kier alpha value is -0.850. The summed E-state index contributed by atoms with van der Waals surface area (Å²) in [5.41, 5.74) is 2.60. The first-order chi connectivity index (χ1) is 5.89. The largest absolute Gasteiger partial charge is 0.261 e. The van der Waals surface area contributed by atoms with Crippen molar-refractivity contribution in [3.8, 4) is 0 Å². The van der Waals surface area contributed by atoms with E-state index in [1.165, 1.54) is 11.3 Å². The van der Waals surface area contributed by atoms with Crippen LogP contribution in [-0.4, -0.2) is 6.21 Å². The standard InChI is InChI=1S/C12H19N/c1-9-6-10(2)8-13-11(7-9)12(3,4)5/h6-9H,1-5H3. The van der Waals surface area contributed by atoms with Crippen molar-refractivity contribution in [2.45, 2.75) is 34.6 Å². The maximum absolute atomic E-state index is 4.49. The fourth-order valence-electron chi connectivity index (χ4n) is 1.41. The molecule has 72 valence electrons. The number of nitrogens with zero attached hydrogens (tertiary/aromatic N) is 1. The predicted octanol–water partition coefficient (Wildman–Crippen LogP) is 3.58. The number of rotatable bonds is 0. The van der Waals surface area contributed by atoms with Gasteiger partial charge in [-0.3, -0.25) is 4.99 Å². The molecule has 0 aromatic heterocycles. The number of hydrogen-bond donors (Lipinski definition) is 0. The highest BCUT2D eigenvalue weighted by Gasteiger charge is 2.17. The highest BCUT2D eigenvalue weighted by Crippen LogP contribution is 2.29. The van der Waals surface area contributed by atoms with Gasteiger partial charge in [0.25, 0.3) is 0 Å². The third-order valence-electron chi connectivity index (χ3n) is 2.12. The van der Waals surface area contributed by atoms with Crippen LogP contribution in [0.1, 0.15) is 34.6 Å². The summed E-state index contributed by atoms with van der Waals surface area (Å²) in [6.07, 6.45) is 6.44. The molecule has 0 amide bonds. The topological polar surface area (TPSA) is 12.4 Å². The van der Waals surface area contributed by atoms with E-state index in [0.717, 1.165) is 0 Å². The Kier molecular flexibility index (Phi) is 2.74. The summed E-state index contributed by atoms with van der Waals surface area (Å²) in [4.78, 5) is 4.49. The smallest absolute Gasteiger partial charge is 0.0423 e. The van der Waals surface area contributed by atoms with E-state index < -0.39 is 0 Å². The van der Waals surface area contributed by atoms with E-state index in [9.17, 15) is 0 Å². The van der Waals surface area contributed by atoms with Crippen molar-refractivity contribution in [2.24, 2.45) is 16.3 Å². The molecule has 1 rings (SSSR count). The minimum Gasteiger partial charge on any atom is -0.261 e. The van der Waals surface area contributed by atoms with E-state index in [-0.39, 0.29) is 5.41 Å². The van der Waals surface area contributed by atoms with Crippen LogP contribution in [-0.2, 0) is 0 Å². The first-order valence-corrected chi connectivity index (χ1v) is 4.84. The Morgan fingerprint density at radius 3 is 2.38 bits per heavy atom. The van der Waals surface area contributed by atoms with Crippen LogP contribution in [0.15, 0.2) is 28.4 Å². The molecule has 0 N–H and O–H groups in total. The van der Waals surface area contributed by atoms with Crippen molar-refractivity contribution < 1.29 is 0 Å². The van der Waals surface area contributed by atoms with Gasteiger partial charge in [-0.15, -0.1) is 0 Å². The van der Waals surface area contributed by atoms with Crippen molar-refractivity contribution in [1.29, 1.82) is 0 Å². The molecule has 1 aliphatic rings. The fourth-order valence-corrected chi connectivity index (χ4v) is 1.41. The minimum absolute atomic E-state index is 0.156. The third-order valence-corrected chi connectivity index (χ3v) is 2.12. The molecule has 1 aliphatic heterocycles. The van der Waals surface area contributed by atoms with Crippen LogP contribution in [0.5, 0.6) is 0 Å². The molecule has 1 heteroatoms. The molecule has 0 bridgehead atoms. The van der Waals surface area contributed by atoms with Crippen LogP contribution >= 0.6 is 0 Å². The lowest BCUT2D eigenvalue weighted by Crippen LogP contribution is -2.08. The maximum Gasteiger partial charge on any atom is 0.0423 e. The van der Waals surface area contributed by atoms with Crippen molar-refractivity contribution >= 4 is 6.21 Å². The van der Waals surface area contributed by atoms with Gasteiger partial charge in [-0.25, -0.2) is 0 Å². The van der Waals surface area contributed by atoms with E-state index in [2.05, 4.69) is 51.8 Å². The molecule has 0 spiro atoms. The molecular formula is C12H19N. The lowest BCUT2D eigenvalue weighted by molar-refractivity contribution is 0.494. The van der Waals surface area contributed by atoms with Gasteiger partial charge < -0.3 is 0 Å². The summed E-state index contributed by atoms with van der Waals surface area (Å²) in [5, 5.41) is 0. The van der Waals surface area contributed by atoms with Gasteiger partial charge in [-0.1, -0.05) is 39.8 Å². The predicted molar refractivity (Wildman–Crippen MR) is 59.0 cm³/mol. The quantitative estimate of drug-likeness (QED) is 0.536. The van der Waals surface area contributed by atoms with Crippen LogP contribution in [0.25, 0.3) is 0 Å². The first-order valence-electron chi connectivity index (χ1n) is 4.84. The summed E-state index contributed by atoms with van der Waals surface area (Å²) in [6, 6.07) is 0. The molecule has 1 heterocycles. The molecule has 1 nitrogen and oxygen atoms in total. The number of allylic oxidation sites excluding steroid dienone is 4. The summed E-state index contributed by atoms with van der Waals surface area (Å²) < 4.78 is 0. The van der Waals surface area contributed by atoms with Gasteiger partial charge in [0.1, 0.15) is 0 Å². The molecule has 13 heavy (non-hydrogen) atoms. The zero-order valence-corrected chi connectivity index (χ0v) is 9.26. The average molecular weight is 177 g/mol. The Morgan fingerprint density at radius 1 is 1.23 bits per heavy atom. The Labute approximate surface area is 81.3 Å². The second-order valence-electron chi connectivity index (χ2n) is 4.83. The Balaban J connectivity index is 2.97. The highest BCUT2D eigenvalue weighted by molar-refractivity contribution is 5.79. The second kappa shape index (κ2) is 3.49. The summed E-state index contributed by atoms with van der Waals surface area (Å²) in [5.74, 6) is 0.497. The molecule has 0 radical (unpaired) electrons. The molecule has 1 unspecified atom stereocenters. The summed E-state index contributed by atoms with van der Waals surface area (Å²) in [7, 11) is 0. The molecule has 0 aliphatic carbocycles. The highest BCUT2D eigenvalue weighted by atomic mass is 14.8. The minimum atomic E-state index is 0.156. The zero-order valence-electron chi connectivity index (χ0n) is 9.26. The van der Waals surface area contributed by atoms with E-state index in [1.807, 2.05) is 6.21 Å². The van der Waals surface area contributed by atoms with Gasteiger partial charge in [-0.2, -0.15) is 0 Å². The molecule has 0 aromatic carbocycles. The number of aliphatic imine (C=N–C) groups is 1. The maximum atomic E-state index is 4.49. The molecule has 1 atom stereocenters. The van der Waals surface area contributed by atoms with Crippen molar-refractivity contribution in [3.63, 3.8) is 0 Å². The second-order valence-corrected chi connectivity index (χ2v) is 4.83. The Bertz CT molecular complexity index is 274. The summed E-state index contributed by atoms with van der Waals surface area (Å²) >= 11 is 0. The normalized spacial score (nSPS) is 23.6. The zero-order chi connectivity index (χ0) is 10.1. The van der Waals surface area contributed by atoms with E-state index in [4.69, 9.17) is 0 Å². The van der Waals surface area contributed by atoms with Crippen molar-refractivity contribution in [2.75, 3.05) is 0 Å². The van der Waals surface area contributed by atoms with Crippen LogP contribution in [0.4, 0.5) is 0 Å².